The summed E-state index contributed by atoms with van der Waals surface area (Å²) in [5.41, 5.74) is 3.95. The number of aryl methyl sites for hydroxylation is 1. The summed E-state index contributed by atoms with van der Waals surface area (Å²) < 4.78 is 5.22. The third kappa shape index (κ3) is 3.57. The maximum absolute atomic E-state index is 13.3. The second-order valence-corrected chi connectivity index (χ2v) is 7.34. The molecule has 4 rings (SSSR count). The molecule has 0 aliphatic carbocycles. The lowest BCUT2D eigenvalue weighted by Gasteiger charge is -2.33. The molecule has 1 aliphatic rings. The molecule has 0 saturated carbocycles. The van der Waals surface area contributed by atoms with Gasteiger partial charge in [-0.1, -0.05) is 25.1 Å². The highest BCUT2D eigenvalue weighted by atomic mass is 16.5. The molecule has 1 aliphatic heterocycles. The van der Waals surface area contributed by atoms with Crippen molar-refractivity contribution in [2.45, 2.75) is 32.2 Å². The Labute approximate surface area is 165 Å². The van der Waals surface area contributed by atoms with Gasteiger partial charge in [-0.15, -0.1) is 0 Å². The van der Waals surface area contributed by atoms with Crippen LogP contribution in [0.2, 0.25) is 0 Å². The van der Waals surface area contributed by atoms with E-state index in [4.69, 9.17) is 4.74 Å². The molecule has 1 amide bonds. The summed E-state index contributed by atoms with van der Waals surface area (Å²) >= 11 is 0. The number of rotatable bonds is 5. The van der Waals surface area contributed by atoms with E-state index in [1.165, 1.54) is 0 Å². The highest BCUT2D eigenvalue weighted by Gasteiger charge is 2.27. The number of benzene rings is 2. The number of nitrogens with one attached hydrogen (secondary N) is 2. The lowest BCUT2D eigenvalue weighted by Crippen LogP contribution is -2.45. The standard InChI is InChI=1S/C23H27N3O2/c1-3-19-20-8-4-5-9-21(20)25-22(19)23(27)26-14-6-7-17(15-26)24-16-10-12-18(28-2)13-11-16/h4-5,8-13,17,24-25H,3,6-7,14-15H2,1-2H3/t17-/m0/s1. The first-order valence-electron chi connectivity index (χ1n) is 9.99. The number of nitrogens with zero attached hydrogens (tertiary/aromatic N) is 1. The molecule has 146 valence electrons. The molecule has 0 radical (unpaired) electrons. The second kappa shape index (κ2) is 7.97. The number of carbonyl (C=O) groups is 1. The van der Waals surface area contributed by atoms with Crippen LogP contribution in [0.3, 0.4) is 0 Å². The number of likely N-dealkylation sites (tertiary alicyclic amines) is 1. The van der Waals surface area contributed by atoms with Crippen LogP contribution in [0.15, 0.2) is 48.5 Å². The smallest absolute Gasteiger partial charge is 0.270 e. The molecule has 3 aromatic rings. The molecule has 0 unspecified atom stereocenters. The van der Waals surface area contributed by atoms with Gasteiger partial charge in [-0.25, -0.2) is 0 Å². The molecule has 0 spiro atoms. The molecule has 1 fully saturated rings. The second-order valence-electron chi connectivity index (χ2n) is 7.34. The number of aromatic nitrogens is 1. The third-order valence-electron chi connectivity index (χ3n) is 5.55. The molecule has 0 bridgehead atoms. The van der Waals surface area contributed by atoms with Crippen molar-refractivity contribution in [1.29, 1.82) is 0 Å². The molecule has 28 heavy (non-hydrogen) atoms. The largest absolute Gasteiger partial charge is 0.497 e. The van der Waals surface area contributed by atoms with Crippen molar-refractivity contribution >= 4 is 22.5 Å². The number of carbonyl (C=O) groups excluding carboxylic acids is 1. The van der Waals surface area contributed by atoms with Crippen molar-refractivity contribution in [2.75, 3.05) is 25.5 Å². The van der Waals surface area contributed by atoms with E-state index >= 15 is 0 Å². The van der Waals surface area contributed by atoms with Crippen molar-refractivity contribution in [1.82, 2.24) is 9.88 Å². The number of H-pyrrole nitrogens is 1. The quantitative estimate of drug-likeness (QED) is 0.690. The van der Waals surface area contributed by atoms with Crippen LogP contribution in [0.5, 0.6) is 5.75 Å². The maximum atomic E-state index is 13.3. The summed E-state index contributed by atoms with van der Waals surface area (Å²) in [6.45, 7) is 3.62. The summed E-state index contributed by atoms with van der Waals surface area (Å²) in [4.78, 5) is 18.6. The molecule has 1 aromatic heterocycles. The van der Waals surface area contributed by atoms with Crippen molar-refractivity contribution in [3.63, 3.8) is 0 Å². The summed E-state index contributed by atoms with van der Waals surface area (Å²) in [5, 5.41) is 4.72. The van der Waals surface area contributed by atoms with Gasteiger partial charge in [0.2, 0.25) is 0 Å². The number of amides is 1. The van der Waals surface area contributed by atoms with E-state index in [0.717, 1.165) is 59.4 Å². The topological polar surface area (TPSA) is 57.4 Å². The average molecular weight is 377 g/mol. The van der Waals surface area contributed by atoms with E-state index in [2.05, 4.69) is 23.3 Å². The fraction of sp³-hybridized carbons (Fsp3) is 0.348. The number of methoxy groups -OCH3 is 1. The Morgan fingerprint density at radius 1 is 1.21 bits per heavy atom. The predicted molar refractivity (Wildman–Crippen MR) is 113 cm³/mol. The Morgan fingerprint density at radius 3 is 2.75 bits per heavy atom. The Bertz CT molecular complexity index is 962. The number of para-hydroxylation sites is 1. The van der Waals surface area contributed by atoms with Crippen LogP contribution in [-0.2, 0) is 6.42 Å². The molecule has 2 aromatic carbocycles. The van der Waals surface area contributed by atoms with Gasteiger partial charge >= 0.3 is 0 Å². The zero-order valence-electron chi connectivity index (χ0n) is 16.5. The molecular weight excluding hydrogens is 350 g/mol. The number of anilines is 1. The number of aromatic amines is 1. The van der Waals surface area contributed by atoms with Crippen LogP contribution in [0, 0.1) is 0 Å². The van der Waals surface area contributed by atoms with Crippen LogP contribution in [0.1, 0.15) is 35.8 Å². The molecule has 5 nitrogen and oxygen atoms in total. The predicted octanol–water partition coefficient (Wildman–Crippen LogP) is 4.46. The van der Waals surface area contributed by atoms with E-state index < -0.39 is 0 Å². The summed E-state index contributed by atoms with van der Waals surface area (Å²) in [5.74, 6) is 0.950. The van der Waals surface area contributed by atoms with Crippen molar-refractivity contribution in [3.05, 3.63) is 59.8 Å². The van der Waals surface area contributed by atoms with Crippen LogP contribution >= 0.6 is 0 Å². The Hall–Kier alpha value is -2.95. The maximum Gasteiger partial charge on any atom is 0.270 e. The fourth-order valence-corrected chi connectivity index (χ4v) is 4.11. The first-order chi connectivity index (χ1) is 13.7. The zero-order chi connectivity index (χ0) is 19.5. The molecule has 1 saturated heterocycles. The van der Waals surface area contributed by atoms with Gasteiger partial charge in [0.25, 0.3) is 5.91 Å². The van der Waals surface area contributed by atoms with Gasteiger partial charge in [0.15, 0.2) is 0 Å². The first-order valence-corrected chi connectivity index (χ1v) is 9.99. The van der Waals surface area contributed by atoms with E-state index in [1.54, 1.807) is 7.11 Å². The summed E-state index contributed by atoms with van der Waals surface area (Å²) in [7, 11) is 1.67. The van der Waals surface area contributed by atoms with Crippen molar-refractivity contribution in [2.24, 2.45) is 0 Å². The van der Waals surface area contributed by atoms with Crippen LogP contribution in [0.25, 0.3) is 10.9 Å². The lowest BCUT2D eigenvalue weighted by molar-refractivity contribution is 0.0709. The molecular formula is C23H27N3O2. The minimum absolute atomic E-state index is 0.106. The number of ether oxygens (including phenoxy) is 1. The Morgan fingerprint density at radius 2 is 2.00 bits per heavy atom. The zero-order valence-corrected chi connectivity index (χ0v) is 16.5. The first kappa shape index (κ1) is 18.4. The Balaban J connectivity index is 1.50. The number of hydrogen-bond donors (Lipinski definition) is 2. The molecule has 5 heteroatoms. The highest BCUT2D eigenvalue weighted by molar-refractivity contribution is 6.01. The van der Waals surface area contributed by atoms with Gasteiger partial charge in [0, 0.05) is 35.7 Å². The van der Waals surface area contributed by atoms with Gasteiger partial charge in [0.05, 0.1) is 7.11 Å². The van der Waals surface area contributed by atoms with E-state index in [-0.39, 0.29) is 11.9 Å². The van der Waals surface area contributed by atoms with E-state index in [0.29, 0.717) is 6.54 Å². The third-order valence-corrected chi connectivity index (χ3v) is 5.55. The number of piperidine rings is 1. The van der Waals surface area contributed by atoms with Crippen molar-refractivity contribution in [3.8, 4) is 5.75 Å². The van der Waals surface area contributed by atoms with Gasteiger partial charge in [-0.3, -0.25) is 4.79 Å². The van der Waals surface area contributed by atoms with E-state index in [1.807, 2.05) is 47.4 Å². The lowest BCUT2D eigenvalue weighted by atomic mass is 10.0. The SMILES string of the molecule is CCc1c(C(=O)N2CCC[C@H](Nc3ccc(OC)cc3)C2)[nH]c2ccccc12. The Kier molecular flexibility index (Phi) is 5.24. The van der Waals surface area contributed by atoms with E-state index in [9.17, 15) is 4.79 Å². The summed E-state index contributed by atoms with van der Waals surface area (Å²) in [6.07, 6.45) is 2.90. The van der Waals surface area contributed by atoms with Gasteiger partial charge in [0.1, 0.15) is 11.4 Å². The normalized spacial score (nSPS) is 16.9. The van der Waals surface area contributed by atoms with Crippen LogP contribution < -0.4 is 10.1 Å². The van der Waals surface area contributed by atoms with Gasteiger partial charge < -0.3 is 19.9 Å². The highest BCUT2D eigenvalue weighted by Crippen LogP contribution is 2.26. The molecule has 2 N–H and O–H groups in total. The van der Waals surface area contributed by atoms with Gasteiger partial charge in [-0.2, -0.15) is 0 Å². The minimum atomic E-state index is 0.106. The summed E-state index contributed by atoms with van der Waals surface area (Å²) in [6, 6.07) is 16.3. The number of hydrogen-bond acceptors (Lipinski definition) is 3. The average Bonchev–Trinajstić information content (AvgIpc) is 3.12. The van der Waals surface area contributed by atoms with Crippen molar-refractivity contribution < 1.29 is 9.53 Å². The minimum Gasteiger partial charge on any atom is -0.497 e. The molecule has 1 atom stereocenters. The monoisotopic (exact) mass is 377 g/mol. The molecule has 2 heterocycles. The fourth-order valence-electron chi connectivity index (χ4n) is 4.11. The van der Waals surface area contributed by atoms with Crippen LogP contribution in [-0.4, -0.2) is 42.0 Å². The van der Waals surface area contributed by atoms with Gasteiger partial charge in [-0.05, 0) is 55.2 Å². The van der Waals surface area contributed by atoms with Crippen LogP contribution in [0.4, 0.5) is 5.69 Å². The number of fused-ring (bicyclic) bond motifs is 1.